The Morgan fingerprint density at radius 1 is 0.781 bits per heavy atom. The topological polar surface area (TPSA) is 102 Å². The summed E-state index contributed by atoms with van der Waals surface area (Å²) in [5.74, 6) is 0.602. The fourth-order valence-electron chi connectivity index (χ4n) is 2.11. The van der Waals surface area contributed by atoms with Gasteiger partial charge < -0.3 is 39.8 Å². The molecule has 1 atom stereocenters. The van der Waals surface area contributed by atoms with Crippen LogP contribution in [0.1, 0.15) is 41.0 Å². The van der Waals surface area contributed by atoms with Crippen LogP contribution < -0.4 is 5.32 Å². The molecule has 3 N–H and O–H groups in total. The van der Waals surface area contributed by atoms with Gasteiger partial charge in [-0.05, 0) is 19.3 Å². The van der Waals surface area contributed by atoms with Crippen LogP contribution in [0.25, 0.3) is 5.73 Å². The fraction of sp³-hybridized carbons (Fsp3) is 0.913. The van der Waals surface area contributed by atoms with Crippen molar-refractivity contribution in [3.8, 4) is 0 Å². The van der Waals surface area contributed by atoms with Gasteiger partial charge in [0.05, 0.1) is 65.6 Å². The van der Waals surface area contributed by atoms with Crippen molar-refractivity contribution in [1.29, 1.82) is 0 Å². The molecule has 9 heteroatoms. The molecule has 0 amide bonds. The molecule has 1 unspecified atom stereocenters. The molecular weight excluding hydrogens is 584 g/mol. The number of rotatable bonds is 21. The van der Waals surface area contributed by atoms with Crippen LogP contribution in [0.4, 0.5) is 0 Å². The SMILES string of the molecule is CC(C)/C=C/C[NH-].CC(C)NCCOCCOCCC(C)OCCOCCOCCO.[W]. The summed E-state index contributed by atoms with van der Waals surface area (Å²) in [5.41, 5.74) is 6.71. The quantitative estimate of drug-likeness (QED) is 0.148. The van der Waals surface area contributed by atoms with E-state index in [1.807, 2.05) is 19.1 Å². The summed E-state index contributed by atoms with van der Waals surface area (Å²) in [5, 5.41) is 11.8. The summed E-state index contributed by atoms with van der Waals surface area (Å²) in [6.07, 6.45) is 4.90. The van der Waals surface area contributed by atoms with Gasteiger partial charge in [0.15, 0.2) is 0 Å². The van der Waals surface area contributed by atoms with E-state index in [9.17, 15) is 0 Å². The zero-order valence-corrected chi connectivity index (χ0v) is 23.9. The van der Waals surface area contributed by atoms with Gasteiger partial charge in [0.25, 0.3) is 0 Å². The summed E-state index contributed by atoms with van der Waals surface area (Å²) in [4.78, 5) is 0. The first-order valence-electron chi connectivity index (χ1n) is 11.5. The average Bonchev–Trinajstić information content (AvgIpc) is 2.73. The van der Waals surface area contributed by atoms with Gasteiger partial charge in [-0.1, -0.05) is 33.8 Å². The molecule has 32 heavy (non-hydrogen) atoms. The normalized spacial score (nSPS) is 12.2. The van der Waals surface area contributed by atoms with Gasteiger partial charge in [-0.25, -0.2) is 0 Å². The Morgan fingerprint density at radius 2 is 1.31 bits per heavy atom. The molecule has 0 aliphatic heterocycles. The molecule has 0 saturated heterocycles. The third kappa shape index (κ3) is 37.4. The van der Waals surface area contributed by atoms with Crippen LogP contribution >= 0.6 is 0 Å². The third-order valence-electron chi connectivity index (χ3n) is 3.72. The summed E-state index contributed by atoms with van der Waals surface area (Å²) in [7, 11) is 0. The number of ether oxygens (including phenoxy) is 5. The number of nitrogens with one attached hydrogen (secondary N) is 2. The molecule has 0 aliphatic rings. The maximum atomic E-state index is 8.53. The van der Waals surface area contributed by atoms with E-state index in [1.165, 1.54) is 0 Å². The van der Waals surface area contributed by atoms with Crippen molar-refractivity contribution >= 4 is 0 Å². The Morgan fingerprint density at radius 3 is 1.81 bits per heavy atom. The minimum atomic E-state index is 0. The molecule has 0 spiro atoms. The van der Waals surface area contributed by atoms with Crippen molar-refractivity contribution in [2.45, 2.75) is 53.2 Å². The number of aliphatic hydroxyl groups excluding tert-OH is 1. The van der Waals surface area contributed by atoms with Crippen molar-refractivity contribution in [3.05, 3.63) is 17.9 Å². The van der Waals surface area contributed by atoms with Crippen LogP contribution in [0, 0.1) is 5.92 Å². The molecule has 0 aliphatic carbocycles. The first kappa shape index (κ1) is 36.7. The van der Waals surface area contributed by atoms with Crippen molar-refractivity contribution in [2.75, 3.05) is 79.2 Å². The minimum absolute atomic E-state index is 0. The molecule has 0 aromatic rings. The molecule has 0 fully saturated rings. The summed E-state index contributed by atoms with van der Waals surface area (Å²) in [6.45, 7) is 16.9. The van der Waals surface area contributed by atoms with Gasteiger partial charge in [0, 0.05) is 40.3 Å². The van der Waals surface area contributed by atoms with Crippen molar-refractivity contribution in [2.24, 2.45) is 5.92 Å². The Bertz CT molecular complexity index is 363. The van der Waals surface area contributed by atoms with Crippen LogP contribution in [0.3, 0.4) is 0 Å². The first-order chi connectivity index (χ1) is 14.9. The number of allylic oxidation sites excluding steroid dienone is 1. The molecule has 0 radical (unpaired) electrons. The van der Waals surface area contributed by atoms with Gasteiger partial charge in [-0.3, -0.25) is 0 Å². The van der Waals surface area contributed by atoms with E-state index in [2.05, 4.69) is 33.0 Å². The molecule has 0 bridgehead atoms. The van der Waals surface area contributed by atoms with E-state index < -0.39 is 0 Å². The summed E-state index contributed by atoms with van der Waals surface area (Å²) < 4.78 is 27.0. The van der Waals surface area contributed by atoms with E-state index >= 15 is 0 Å². The Hall–Kier alpha value is 0.108. The average molecular weight is 633 g/mol. The summed E-state index contributed by atoms with van der Waals surface area (Å²) >= 11 is 0. The van der Waals surface area contributed by atoms with Gasteiger partial charge in [-0.2, -0.15) is 0 Å². The van der Waals surface area contributed by atoms with Crippen molar-refractivity contribution in [1.82, 2.24) is 5.32 Å². The predicted molar refractivity (Wildman–Crippen MR) is 127 cm³/mol. The monoisotopic (exact) mass is 633 g/mol. The fourth-order valence-corrected chi connectivity index (χ4v) is 2.11. The van der Waals surface area contributed by atoms with E-state index in [0.29, 0.717) is 78.0 Å². The Kier molecular flexibility index (Phi) is 35.7. The van der Waals surface area contributed by atoms with Crippen LogP contribution in [0.2, 0.25) is 0 Å². The predicted octanol–water partition coefficient (Wildman–Crippen LogP) is 3.09. The second-order valence-electron chi connectivity index (χ2n) is 7.63. The first-order valence-corrected chi connectivity index (χ1v) is 11.5. The summed E-state index contributed by atoms with van der Waals surface area (Å²) in [6, 6.07) is 0.497. The molecule has 8 nitrogen and oxygen atoms in total. The molecule has 0 aromatic carbocycles. The molecule has 0 saturated carbocycles. The maximum absolute atomic E-state index is 8.53. The van der Waals surface area contributed by atoms with Gasteiger partial charge in [-0.15, -0.1) is 12.6 Å². The van der Waals surface area contributed by atoms with Gasteiger partial charge in [0.1, 0.15) is 0 Å². The van der Waals surface area contributed by atoms with Crippen molar-refractivity contribution in [3.63, 3.8) is 0 Å². The van der Waals surface area contributed by atoms with Crippen molar-refractivity contribution < 1.29 is 49.9 Å². The molecule has 0 aromatic heterocycles. The standard InChI is InChI=1S/C17H37NO6.C6H12N.W/c1-16(2)18-5-8-21-11-10-20-7-4-17(3)24-15-14-23-13-12-22-9-6-19;1-6(2)4-3-5-7;/h16-19H,4-15H2,1-3H3;3-4,6-7H,5H2,1-2H3;/q;-1;/b;4-3+;. The molecular formula is C23H49N2O6W-. The van der Waals surface area contributed by atoms with E-state index in [0.717, 1.165) is 13.0 Å². The second-order valence-corrected chi connectivity index (χ2v) is 7.63. The van der Waals surface area contributed by atoms with E-state index in [4.69, 9.17) is 34.5 Å². The van der Waals surface area contributed by atoms with Crippen LogP contribution in [0.15, 0.2) is 12.2 Å². The number of hydrogen-bond donors (Lipinski definition) is 2. The Balaban J connectivity index is -0.000000903. The van der Waals surface area contributed by atoms with Crippen LogP contribution in [0.5, 0.6) is 0 Å². The molecule has 0 rings (SSSR count). The van der Waals surface area contributed by atoms with Crippen LogP contribution in [-0.2, 0) is 44.7 Å². The zero-order valence-electron chi connectivity index (χ0n) is 21.0. The van der Waals surface area contributed by atoms with Gasteiger partial charge in [0.2, 0.25) is 0 Å². The molecule has 0 heterocycles. The number of hydrogen-bond acceptors (Lipinski definition) is 7. The zero-order chi connectivity index (χ0) is 23.6. The van der Waals surface area contributed by atoms with E-state index in [-0.39, 0.29) is 33.8 Å². The molecule has 194 valence electrons. The van der Waals surface area contributed by atoms with E-state index in [1.54, 1.807) is 0 Å². The number of aliphatic hydroxyl groups is 1. The minimum Gasteiger partial charge on any atom is -0.674 e. The van der Waals surface area contributed by atoms with Gasteiger partial charge >= 0.3 is 0 Å². The third-order valence-corrected chi connectivity index (χ3v) is 3.72. The second kappa shape index (κ2) is 31.1. The Labute approximate surface area is 211 Å². The van der Waals surface area contributed by atoms with Crippen LogP contribution in [-0.4, -0.2) is 96.4 Å². The smallest absolute Gasteiger partial charge is 0.0704 e. The maximum Gasteiger partial charge on any atom is 0.0704 e. The largest absolute Gasteiger partial charge is 0.674 e.